The van der Waals surface area contributed by atoms with Crippen molar-refractivity contribution in [2.24, 2.45) is 10.9 Å². The van der Waals surface area contributed by atoms with E-state index in [-0.39, 0.29) is 0 Å². The van der Waals surface area contributed by atoms with Crippen LogP contribution in [0.1, 0.15) is 19.5 Å². The normalized spacial score (nSPS) is 20.2. The van der Waals surface area contributed by atoms with Crippen LogP contribution in [0.3, 0.4) is 0 Å². The van der Waals surface area contributed by atoms with E-state index < -0.39 is 0 Å². The first-order valence-electron chi connectivity index (χ1n) is 4.54. The molecule has 2 rings (SSSR count). The third kappa shape index (κ3) is 1.61. The fourth-order valence-electron chi connectivity index (χ4n) is 1.46. The zero-order valence-corrected chi connectivity index (χ0v) is 10.4. The molecular formula is C9H11BrClN3. The maximum atomic E-state index is 6.03. The predicted molar refractivity (Wildman–Crippen MR) is 61.2 cm³/mol. The Hall–Kier alpha value is -0.350. The Morgan fingerprint density at radius 1 is 1.64 bits per heavy atom. The van der Waals surface area contributed by atoms with Crippen LogP contribution in [0.15, 0.2) is 9.60 Å². The molecule has 1 aromatic heterocycles. The highest BCUT2D eigenvalue weighted by atomic mass is 79.9. The van der Waals surface area contributed by atoms with Crippen molar-refractivity contribution in [3.05, 3.63) is 15.3 Å². The van der Waals surface area contributed by atoms with Gasteiger partial charge in [0, 0.05) is 6.21 Å². The van der Waals surface area contributed by atoms with Gasteiger partial charge in [0.1, 0.15) is 9.63 Å². The van der Waals surface area contributed by atoms with Gasteiger partial charge in [-0.2, -0.15) is 5.10 Å². The van der Waals surface area contributed by atoms with Crippen LogP contribution in [-0.4, -0.2) is 22.0 Å². The molecule has 0 aliphatic carbocycles. The largest absolute Gasteiger partial charge is 0.285 e. The molecule has 0 spiro atoms. The summed E-state index contributed by atoms with van der Waals surface area (Å²) in [4.78, 5) is 4.45. The van der Waals surface area contributed by atoms with Crippen molar-refractivity contribution >= 4 is 33.7 Å². The lowest BCUT2D eigenvalue weighted by Crippen LogP contribution is -2.26. The number of rotatable bonds is 1. The molecule has 0 saturated heterocycles. The molecule has 5 heteroatoms. The van der Waals surface area contributed by atoms with Crippen LogP contribution >= 0.6 is 27.5 Å². The topological polar surface area (TPSA) is 30.2 Å². The third-order valence-electron chi connectivity index (χ3n) is 2.41. The lowest BCUT2D eigenvalue weighted by atomic mass is 10.0. The molecule has 0 amide bonds. The Balaban J connectivity index is 2.35. The molecule has 14 heavy (non-hydrogen) atoms. The van der Waals surface area contributed by atoms with Gasteiger partial charge in [0.25, 0.3) is 0 Å². The van der Waals surface area contributed by atoms with E-state index in [1.165, 1.54) is 0 Å². The van der Waals surface area contributed by atoms with Gasteiger partial charge in [-0.05, 0) is 21.8 Å². The standard InChI is InChI=1S/C9H11BrClN3/c1-5(2)6-4-14-7(3-12-6)8(11)9(10)13-14/h3,5-6H,4H2,1-2H3/t6-/m0/s1. The fourth-order valence-corrected chi connectivity index (χ4v) is 2.04. The Bertz CT molecular complexity index is 384. The highest BCUT2D eigenvalue weighted by Gasteiger charge is 2.22. The van der Waals surface area contributed by atoms with E-state index in [0.717, 1.165) is 12.2 Å². The second-order valence-electron chi connectivity index (χ2n) is 3.76. The minimum absolute atomic E-state index is 0.311. The second kappa shape index (κ2) is 3.66. The average molecular weight is 277 g/mol. The minimum atomic E-state index is 0.311. The number of aromatic nitrogens is 2. The quantitative estimate of drug-likeness (QED) is 0.776. The number of aliphatic imine (C=N–C) groups is 1. The fraction of sp³-hybridized carbons (Fsp3) is 0.556. The van der Waals surface area contributed by atoms with Gasteiger partial charge < -0.3 is 0 Å². The van der Waals surface area contributed by atoms with E-state index in [0.29, 0.717) is 21.6 Å². The van der Waals surface area contributed by atoms with E-state index in [2.05, 4.69) is 39.9 Å². The highest BCUT2D eigenvalue weighted by molar-refractivity contribution is 9.10. The molecule has 1 aromatic rings. The third-order valence-corrected chi connectivity index (χ3v) is 3.57. The molecule has 0 unspecified atom stereocenters. The van der Waals surface area contributed by atoms with Gasteiger partial charge in [-0.1, -0.05) is 25.4 Å². The van der Waals surface area contributed by atoms with Crippen LogP contribution in [0.4, 0.5) is 0 Å². The van der Waals surface area contributed by atoms with Crippen molar-refractivity contribution in [3.63, 3.8) is 0 Å². The van der Waals surface area contributed by atoms with Gasteiger partial charge in [0.05, 0.1) is 18.3 Å². The highest BCUT2D eigenvalue weighted by Crippen LogP contribution is 2.27. The van der Waals surface area contributed by atoms with Crippen molar-refractivity contribution in [2.45, 2.75) is 26.4 Å². The first-order chi connectivity index (χ1) is 6.59. The monoisotopic (exact) mass is 275 g/mol. The summed E-state index contributed by atoms with van der Waals surface area (Å²) >= 11 is 9.34. The Labute approximate surface area is 96.3 Å². The van der Waals surface area contributed by atoms with Crippen molar-refractivity contribution in [1.29, 1.82) is 0 Å². The Morgan fingerprint density at radius 3 is 3.00 bits per heavy atom. The van der Waals surface area contributed by atoms with E-state index in [1.807, 2.05) is 10.9 Å². The van der Waals surface area contributed by atoms with Crippen LogP contribution in [0.2, 0.25) is 5.02 Å². The molecular weight excluding hydrogens is 265 g/mol. The maximum Gasteiger partial charge on any atom is 0.147 e. The van der Waals surface area contributed by atoms with Gasteiger partial charge >= 0.3 is 0 Å². The summed E-state index contributed by atoms with van der Waals surface area (Å²) in [5.41, 5.74) is 0.899. The summed E-state index contributed by atoms with van der Waals surface area (Å²) in [6.45, 7) is 5.13. The number of hydrogen-bond acceptors (Lipinski definition) is 2. The van der Waals surface area contributed by atoms with Gasteiger partial charge in [-0.15, -0.1) is 0 Å². The number of nitrogens with zero attached hydrogens (tertiary/aromatic N) is 3. The molecule has 1 aliphatic heterocycles. The van der Waals surface area contributed by atoms with Crippen LogP contribution in [0, 0.1) is 5.92 Å². The molecule has 1 atom stereocenters. The molecule has 0 aromatic carbocycles. The number of hydrogen-bond donors (Lipinski definition) is 0. The molecule has 0 fully saturated rings. The van der Waals surface area contributed by atoms with Crippen LogP contribution in [0.25, 0.3) is 0 Å². The Kier molecular flexibility index (Phi) is 2.66. The molecule has 3 nitrogen and oxygen atoms in total. The van der Waals surface area contributed by atoms with Crippen LogP contribution in [-0.2, 0) is 6.54 Å². The number of halogens is 2. The summed E-state index contributed by atoms with van der Waals surface area (Å²) in [6.07, 6.45) is 1.81. The lowest BCUT2D eigenvalue weighted by Gasteiger charge is -2.20. The van der Waals surface area contributed by atoms with Gasteiger partial charge in [0.15, 0.2) is 0 Å². The van der Waals surface area contributed by atoms with E-state index >= 15 is 0 Å². The minimum Gasteiger partial charge on any atom is -0.285 e. The molecule has 0 saturated carbocycles. The van der Waals surface area contributed by atoms with E-state index in [1.54, 1.807) is 0 Å². The molecule has 1 aliphatic rings. The summed E-state index contributed by atoms with van der Waals surface area (Å²) in [7, 11) is 0. The summed E-state index contributed by atoms with van der Waals surface area (Å²) < 4.78 is 2.61. The smallest absolute Gasteiger partial charge is 0.147 e. The van der Waals surface area contributed by atoms with Crippen molar-refractivity contribution < 1.29 is 0 Å². The predicted octanol–water partition coefficient (Wildman–Crippen LogP) is 2.76. The Morgan fingerprint density at radius 2 is 2.36 bits per heavy atom. The van der Waals surface area contributed by atoms with Gasteiger partial charge in [-0.3, -0.25) is 9.67 Å². The SMILES string of the molecule is CC(C)[C@@H]1Cn2nc(Br)c(Cl)c2C=N1. The summed E-state index contributed by atoms with van der Waals surface area (Å²) in [6, 6.07) is 0.311. The van der Waals surface area contributed by atoms with Crippen molar-refractivity contribution in [1.82, 2.24) is 9.78 Å². The summed E-state index contributed by atoms with van der Waals surface area (Å²) in [5.74, 6) is 0.529. The van der Waals surface area contributed by atoms with E-state index in [4.69, 9.17) is 11.6 Å². The first-order valence-corrected chi connectivity index (χ1v) is 5.71. The molecule has 0 bridgehead atoms. The maximum absolute atomic E-state index is 6.03. The first kappa shape index (κ1) is 10.2. The second-order valence-corrected chi connectivity index (χ2v) is 4.89. The molecule has 2 heterocycles. The van der Waals surface area contributed by atoms with Gasteiger partial charge in [-0.25, -0.2) is 0 Å². The zero-order chi connectivity index (χ0) is 10.3. The summed E-state index contributed by atoms with van der Waals surface area (Å²) in [5, 5.41) is 4.94. The van der Waals surface area contributed by atoms with Crippen molar-refractivity contribution in [2.75, 3.05) is 0 Å². The van der Waals surface area contributed by atoms with Crippen LogP contribution < -0.4 is 0 Å². The lowest BCUT2D eigenvalue weighted by molar-refractivity contribution is 0.406. The van der Waals surface area contributed by atoms with Crippen LogP contribution in [0.5, 0.6) is 0 Å². The van der Waals surface area contributed by atoms with E-state index in [9.17, 15) is 0 Å². The molecule has 76 valence electrons. The van der Waals surface area contributed by atoms with Gasteiger partial charge in [0.2, 0.25) is 0 Å². The molecule has 0 N–H and O–H groups in total. The number of fused-ring (bicyclic) bond motifs is 1. The zero-order valence-electron chi connectivity index (χ0n) is 8.04. The molecule has 0 radical (unpaired) electrons. The average Bonchev–Trinajstić information content (AvgIpc) is 2.42. The van der Waals surface area contributed by atoms with Crippen molar-refractivity contribution in [3.8, 4) is 0 Å².